The summed E-state index contributed by atoms with van der Waals surface area (Å²) in [4.78, 5) is 24.8. The lowest BCUT2D eigenvalue weighted by molar-refractivity contribution is -0.274. The minimum Gasteiger partial charge on any atom is -0.405 e. The number of benzene rings is 1. The molecule has 184 valence electrons. The number of aromatic nitrogens is 4. The number of alkyl halides is 3. The maximum Gasteiger partial charge on any atom is 0.573 e. The van der Waals surface area contributed by atoms with E-state index in [0.717, 1.165) is 17.5 Å². The Morgan fingerprint density at radius 3 is 2.49 bits per heavy atom. The first kappa shape index (κ1) is 24.3. The molecule has 4 rings (SSSR count). The van der Waals surface area contributed by atoms with Crippen LogP contribution in [0.2, 0.25) is 0 Å². The number of halogens is 3. The van der Waals surface area contributed by atoms with Crippen LogP contribution >= 0.6 is 11.3 Å². The molecule has 2 N–H and O–H groups in total. The van der Waals surface area contributed by atoms with Crippen molar-refractivity contribution in [3.63, 3.8) is 0 Å². The van der Waals surface area contributed by atoms with E-state index in [0.29, 0.717) is 24.0 Å². The first-order chi connectivity index (χ1) is 16.6. The summed E-state index contributed by atoms with van der Waals surface area (Å²) in [5, 5.41) is 22.8. The van der Waals surface area contributed by atoms with Crippen LogP contribution in [0.1, 0.15) is 31.2 Å². The monoisotopic (exact) mass is 507 g/mol. The van der Waals surface area contributed by atoms with Crippen molar-refractivity contribution in [3.8, 4) is 17.0 Å². The normalized spacial score (nSPS) is 15.7. The fourth-order valence-electron chi connectivity index (χ4n) is 3.70. The van der Waals surface area contributed by atoms with Crippen LogP contribution in [-0.2, 0) is 9.59 Å². The second kappa shape index (κ2) is 9.82. The largest absolute Gasteiger partial charge is 0.573 e. The van der Waals surface area contributed by atoms with Gasteiger partial charge in [0.1, 0.15) is 10.8 Å². The molecule has 1 saturated heterocycles. The molecule has 1 aliphatic heterocycles. The maximum absolute atomic E-state index is 13.0. The fraction of sp³-hybridized carbons (Fsp3) is 0.333. The van der Waals surface area contributed by atoms with E-state index in [4.69, 9.17) is 0 Å². The van der Waals surface area contributed by atoms with Gasteiger partial charge < -0.3 is 20.3 Å². The highest BCUT2D eigenvalue weighted by atomic mass is 32.1. The van der Waals surface area contributed by atoms with Gasteiger partial charge in [-0.3, -0.25) is 9.59 Å². The molecule has 3 heterocycles. The maximum atomic E-state index is 13.0. The molecule has 1 aliphatic rings. The zero-order chi connectivity index (χ0) is 25.2. The molecule has 2 amide bonds. The number of carbonyl (C=O) groups is 2. The van der Waals surface area contributed by atoms with Crippen LogP contribution in [0.15, 0.2) is 30.3 Å². The topological polar surface area (TPSA) is 122 Å². The molecular weight excluding hydrogens is 487 g/mol. The number of hydrogen-bond donors (Lipinski definition) is 2. The number of nitrogens with zero attached hydrogens (tertiary/aromatic N) is 5. The second-order valence-electron chi connectivity index (χ2n) is 7.74. The van der Waals surface area contributed by atoms with Crippen molar-refractivity contribution in [3.05, 3.63) is 35.3 Å². The fourth-order valence-corrected chi connectivity index (χ4v) is 4.61. The molecule has 10 nitrogen and oxygen atoms in total. The van der Waals surface area contributed by atoms with E-state index in [1.54, 1.807) is 6.07 Å². The summed E-state index contributed by atoms with van der Waals surface area (Å²) in [5.41, 5.74) is 0.198. The van der Waals surface area contributed by atoms with Crippen molar-refractivity contribution in [1.29, 1.82) is 0 Å². The third kappa shape index (κ3) is 6.01. The summed E-state index contributed by atoms with van der Waals surface area (Å²) < 4.78 is 43.0. The van der Waals surface area contributed by atoms with Gasteiger partial charge in [-0.15, -0.1) is 33.6 Å². The highest BCUT2D eigenvalue weighted by Gasteiger charge is 2.33. The molecule has 1 fully saturated rings. The molecule has 3 aromatic rings. The van der Waals surface area contributed by atoms with Crippen LogP contribution in [0.4, 0.5) is 29.8 Å². The molecule has 0 bridgehead atoms. The van der Waals surface area contributed by atoms with Crippen LogP contribution in [-0.4, -0.2) is 51.7 Å². The summed E-state index contributed by atoms with van der Waals surface area (Å²) in [6, 6.07) is 7.12. The first-order valence-corrected chi connectivity index (χ1v) is 11.3. The van der Waals surface area contributed by atoms with Gasteiger partial charge >= 0.3 is 6.36 Å². The van der Waals surface area contributed by atoms with Gasteiger partial charge in [0.15, 0.2) is 5.82 Å². The van der Waals surface area contributed by atoms with E-state index in [9.17, 15) is 22.8 Å². The number of amides is 2. The number of carbonyl (C=O) groups excluding carboxylic acids is 2. The van der Waals surface area contributed by atoms with E-state index in [2.05, 4.69) is 35.8 Å². The Hall–Kier alpha value is -3.81. The van der Waals surface area contributed by atoms with Crippen molar-refractivity contribution in [2.45, 2.75) is 32.5 Å². The first-order valence-electron chi connectivity index (χ1n) is 10.5. The highest BCUT2D eigenvalue weighted by Crippen LogP contribution is 2.39. The van der Waals surface area contributed by atoms with Crippen molar-refractivity contribution in [2.75, 3.05) is 28.6 Å². The van der Waals surface area contributed by atoms with Gasteiger partial charge in [-0.2, -0.15) is 0 Å². The summed E-state index contributed by atoms with van der Waals surface area (Å²) in [7, 11) is 0. The van der Waals surface area contributed by atoms with Crippen molar-refractivity contribution in [2.24, 2.45) is 0 Å². The molecule has 0 saturated carbocycles. The standard InChI is InChI=1S/C21H20F3N7O3S/c1-11(32)25-14-4-3-5-16(34-21(22,23)24)18(14)15-6-7-17(28-27-15)31-9-8-13(10-31)19-29-30-20(35-19)26-12(2)33/h3-7,13H,8-10H2,1-2H3,(H,25,32)(H,26,30,33). The van der Waals surface area contributed by atoms with E-state index in [1.807, 2.05) is 4.90 Å². The Balaban J connectivity index is 1.55. The van der Waals surface area contributed by atoms with Gasteiger partial charge in [0, 0.05) is 32.9 Å². The Kier molecular flexibility index (Phi) is 6.82. The van der Waals surface area contributed by atoms with E-state index in [-0.39, 0.29) is 28.8 Å². The smallest absolute Gasteiger partial charge is 0.405 e. The summed E-state index contributed by atoms with van der Waals surface area (Å²) >= 11 is 1.31. The molecule has 2 aromatic heterocycles. The van der Waals surface area contributed by atoms with E-state index in [1.165, 1.54) is 43.4 Å². The lowest BCUT2D eigenvalue weighted by Crippen LogP contribution is -2.21. The number of anilines is 3. The van der Waals surface area contributed by atoms with Gasteiger partial charge in [0.25, 0.3) is 0 Å². The molecule has 0 spiro atoms. The molecule has 35 heavy (non-hydrogen) atoms. The van der Waals surface area contributed by atoms with Gasteiger partial charge in [-0.25, -0.2) is 0 Å². The predicted molar refractivity (Wildman–Crippen MR) is 122 cm³/mol. The Morgan fingerprint density at radius 2 is 1.83 bits per heavy atom. The lowest BCUT2D eigenvalue weighted by atomic mass is 10.1. The summed E-state index contributed by atoms with van der Waals surface area (Å²) in [6.45, 7) is 3.90. The van der Waals surface area contributed by atoms with Gasteiger partial charge in [-0.05, 0) is 30.7 Å². The van der Waals surface area contributed by atoms with Crippen LogP contribution in [0.25, 0.3) is 11.3 Å². The van der Waals surface area contributed by atoms with Gasteiger partial charge in [0.05, 0.1) is 16.9 Å². The summed E-state index contributed by atoms with van der Waals surface area (Å²) in [6.07, 6.45) is -4.14. The van der Waals surface area contributed by atoms with Gasteiger partial charge in [0.2, 0.25) is 16.9 Å². The SMILES string of the molecule is CC(=O)Nc1nnc(C2CCN(c3ccc(-c4c(NC(C)=O)cccc4OC(F)(F)F)nn3)C2)s1. The number of nitrogens with one attached hydrogen (secondary N) is 2. The van der Waals surface area contributed by atoms with Crippen molar-refractivity contribution >= 4 is 39.8 Å². The Bertz CT molecular complexity index is 1230. The lowest BCUT2D eigenvalue weighted by Gasteiger charge is -2.18. The third-order valence-electron chi connectivity index (χ3n) is 5.05. The van der Waals surface area contributed by atoms with E-state index < -0.39 is 18.0 Å². The van der Waals surface area contributed by atoms with Crippen LogP contribution in [0.5, 0.6) is 5.75 Å². The quantitative estimate of drug-likeness (QED) is 0.517. The van der Waals surface area contributed by atoms with Crippen LogP contribution in [0, 0.1) is 0 Å². The Morgan fingerprint density at radius 1 is 1.06 bits per heavy atom. The zero-order valence-electron chi connectivity index (χ0n) is 18.6. The highest BCUT2D eigenvalue weighted by molar-refractivity contribution is 7.15. The molecular formula is C21H20F3N7O3S. The molecule has 1 unspecified atom stereocenters. The minimum atomic E-state index is -4.92. The average molecular weight is 507 g/mol. The number of hydrogen-bond acceptors (Lipinski definition) is 9. The van der Waals surface area contributed by atoms with E-state index >= 15 is 0 Å². The molecule has 1 aromatic carbocycles. The predicted octanol–water partition coefficient (Wildman–Crippen LogP) is 3.80. The van der Waals surface area contributed by atoms with Gasteiger partial charge in [-0.1, -0.05) is 17.4 Å². The minimum absolute atomic E-state index is 0.0299. The molecule has 1 atom stereocenters. The van der Waals surface area contributed by atoms with Crippen molar-refractivity contribution in [1.82, 2.24) is 20.4 Å². The molecule has 0 radical (unpaired) electrons. The zero-order valence-corrected chi connectivity index (χ0v) is 19.4. The Labute approximate surface area is 201 Å². The van der Waals surface area contributed by atoms with Crippen LogP contribution in [0.3, 0.4) is 0 Å². The molecule has 0 aliphatic carbocycles. The average Bonchev–Trinajstić information content (AvgIpc) is 3.42. The molecule has 14 heteroatoms. The second-order valence-corrected chi connectivity index (χ2v) is 8.75. The summed E-state index contributed by atoms with van der Waals surface area (Å²) in [5.74, 6) is -0.554. The third-order valence-corrected chi connectivity index (χ3v) is 6.06. The van der Waals surface area contributed by atoms with Crippen LogP contribution < -0.4 is 20.3 Å². The number of ether oxygens (including phenoxy) is 1. The number of rotatable bonds is 6. The van der Waals surface area contributed by atoms with Crippen molar-refractivity contribution < 1.29 is 27.5 Å².